The summed E-state index contributed by atoms with van der Waals surface area (Å²) in [7, 11) is 0. The van der Waals surface area contributed by atoms with E-state index >= 15 is 0 Å². The maximum Gasteiger partial charge on any atom is 0.265 e. The first-order valence-electron chi connectivity index (χ1n) is 5.70. The highest BCUT2D eigenvalue weighted by molar-refractivity contribution is 9.13. The number of thiophene rings is 1. The van der Waals surface area contributed by atoms with E-state index in [0.717, 1.165) is 8.26 Å². The Morgan fingerprint density at radius 1 is 1.19 bits per heavy atom. The summed E-state index contributed by atoms with van der Waals surface area (Å²) in [4.78, 5) is 23.6. The standard InChI is InChI=1S/C13H9Br2FN2O2S/c1-6(19)17-10-4-7(2-3-9(10)16)18-13(20)11-5-8(14)12(15)21-11/h2-5H,1H3,(H,17,19)(H,18,20). The fourth-order valence-corrected chi connectivity index (χ4v) is 3.47. The van der Waals surface area contributed by atoms with Crippen molar-refractivity contribution in [2.75, 3.05) is 10.6 Å². The average molecular weight is 436 g/mol. The molecule has 0 spiro atoms. The van der Waals surface area contributed by atoms with Gasteiger partial charge in [-0.25, -0.2) is 4.39 Å². The number of carbonyl (C=O) groups excluding carboxylic acids is 2. The minimum absolute atomic E-state index is 0.0221. The van der Waals surface area contributed by atoms with Gasteiger partial charge in [-0.05, 0) is 56.1 Å². The first-order valence-corrected chi connectivity index (χ1v) is 8.10. The fraction of sp³-hybridized carbons (Fsp3) is 0.0769. The van der Waals surface area contributed by atoms with Gasteiger partial charge in [0.05, 0.1) is 14.4 Å². The maximum absolute atomic E-state index is 13.5. The van der Waals surface area contributed by atoms with Crippen LogP contribution in [-0.2, 0) is 4.79 Å². The Bertz CT molecular complexity index is 699. The molecule has 0 aliphatic rings. The molecule has 0 saturated carbocycles. The molecule has 4 nitrogen and oxygen atoms in total. The Labute approximate surface area is 141 Å². The zero-order valence-corrected chi connectivity index (χ0v) is 14.7. The van der Waals surface area contributed by atoms with Crippen LogP contribution in [0.3, 0.4) is 0 Å². The van der Waals surface area contributed by atoms with Crippen LogP contribution in [0.15, 0.2) is 32.5 Å². The van der Waals surface area contributed by atoms with Crippen molar-refractivity contribution in [2.45, 2.75) is 6.92 Å². The van der Waals surface area contributed by atoms with Crippen LogP contribution in [0.1, 0.15) is 16.6 Å². The number of halogens is 3. The zero-order valence-electron chi connectivity index (χ0n) is 10.7. The second-order valence-corrected chi connectivity index (χ2v) is 7.29. The predicted octanol–water partition coefficient (Wildman–Crippen LogP) is 4.62. The quantitative estimate of drug-likeness (QED) is 0.738. The average Bonchev–Trinajstić information content (AvgIpc) is 2.73. The van der Waals surface area contributed by atoms with Crippen LogP contribution in [0.5, 0.6) is 0 Å². The molecule has 1 aromatic heterocycles. The maximum atomic E-state index is 13.5. The van der Waals surface area contributed by atoms with Crippen molar-refractivity contribution in [2.24, 2.45) is 0 Å². The summed E-state index contributed by atoms with van der Waals surface area (Å²) in [6.07, 6.45) is 0. The highest BCUT2D eigenvalue weighted by Crippen LogP contribution is 2.32. The largest absolute Gasteiger partial charge is 0.324 e. The molecule has 8 heteroatoms. The topological polar surface area (TPSA) is 58.2 Å². The first kappa shape index (κ1) is 16.1. The van der Waals surface area contributed by atoms with Crippen LogP contribution in [0, 0.1) is 5.82 Å². The van der Waals surface area contributed by atoms with Gasteiger partial charge >= 0.3 is 0 Å². The van der Waals surface area contributed by atoms with E-state index in [9.17, 15) is 14.0 Å². The number of benzene rings is 1. The monoisotopic (exact) mass is 434 g/mol. The lowest BCUT2D eigenvalue weighted by molar-refractivity contribution is -0.114. The smallest absolute Gasteiger partial charge is 0.265 e. The summed E-state index contributed by atoms with van der Waals surface area (Å²) in [6, 6.07) is 5.66. The molecule has 2 rings (SSSR count). The Morgan fingerprint density at radius 3 is 2.48 bits per heavy atom. The molecule has 2 aromatic rings. The number of anilines is 2. The van der Waals surface area contributed by atoms with Gasteiger partial charge in [0.15, 0.2) is 0 Å². The molecule has 0 saturated heterocycles. The van der Waals surface area contributed by atoms with E-state index in [4.69, 9.17) is 0 Å². The third-order valence-electron chi connectivity index (χ3n) is 2.40. The lowest BCUT2D eigenvalue weighted by Gasteiger charge is -2.08. The zero-order chi connectivity index (χ0) is 15.6. The Morgan fingerprint density at radius 2 is 1.90 bits per heavy atom. The second-order valence-electron chi connectivity index (χ2n) is 4.06. The van der Waals surface area contributed by atoms with Gasteiger partial charge in [0.25, 0.3) is 5.91 Å². The van der Waals surface area contributed by atoms with Crippen LogP contribution in [0.2, 0.25) is 0 Å². The van der Waals surface area contributed by atoms with Gasteiger partial charge in [0, 0.05) is 17.1 Å². The van der Waals surface area contributed by atoms with Gasteiger partial charge in [-0.1, -0.05) is 0 Å². The number of hydrogen-bond donors (Lipinski definition) is 2. The van der Waals surface area contributed by atoms with Gasteiger partial charge in [0.1, 0.15) is 5.82 Å². The molecule has 0 atom stereocenters. The van der Waals surface area contributed by atoms with E-state index in [1.807, 2.05) is 0 Å². The molecular formula is C13H9Br2FN2O2S. The van der Waals surface area contributed by atoms with Gasteiger partial charge in [-0.3, -0.25) is 9.59 Å². The molecule has 1 heterocycles. The normalized spacial score (nSPS) is 10.3. The number of carbonyl (C=O) groups is 2. The Kier molecular flexibility index (Phi) is 5.13. The summed E-state index contributed by atoms with van der Waals surface area (Å²) < 4.78 is 15.1. The lowest BCUT2D eigenvalue weighted by Crippen LogP contribution is -2.12. The molecule has 1 aromatic carbocycles. The van der Waals surface area contributed by atoms with Gasteiger partial charge in [-0.15, -0.1) is 11.3 Å². The van der Waals surface area contributed by atoms with Crippen molar-refractivity contribution < 1.29 is 14.0 Å². The van der Waals surface area contributed by atoms with Gasteiger partial charge in [-0.2, -0.15) is 0 Å². The van der Waals surface area contributed by atoms with Crippen LogP contribution < -0.4 is 10.6 Å². The van der Waals surface area contributed by atoms with E-state index < -0.39 is 5.82 Å². The minimum Gasteiger partial charge on any atom is -0.324 e. The summed E-state index contributed by atoms with van der Waals surface area (Å²) in [5.74, 6) is -1.26. The van der Waals surface area contributed by atoms with Crippen molar-refractivity contribution >= 4 is 66.4 Å². The molecule has 0 bridgehead atoms. The summed E-state index contributed by atoms with van der Waals surface area (Å²) >= 11 is 7.89. The van der Waals surface area contributed by atoms with E-state index in [1.165, 1.54) is 36.5 Å². The molecule has 0 aliphatic heterocycles. The van der Waals surface area contributed by atoms with Crippen LogP contribution in [0.25, 0.3) is 0 Å². The molecule has 0 radical (unpaired) electrons. The summed E-state index contributed by atoms with van der Waals surface area (Å²) in [5, 5.41) is 5.01. The van der Waals surface area contributed by atoms with Crippen molar-refractivity contribution in [3.63, 3.8) is 0 Å². The highest BCUT2D eigenvalue weighted by atomic mass is 79.9. The van der Waals surface area contributed by atoms with Crippen molar-refractivity contribution in [3.05, 3.63) is 43.2 Å². The number of hydrogen-bond acceptors (Lipinski definition) is 3. The molecule has 2 N–H and O–H groups in total. The third kappa shape index (κ3) is 4.12. The van der Waals surface area contributed by atoms with Crippen LogP contribution in [0.4, 0.5) is 15.8 Å². The van der Waals surface area contributed by atoms with E-state index in [0.29, 0.717) is 10.6 Å². The molecule has 0 fully saturated rings. The van der Waals surface area contributed by atoms with Crippen LogP contribution in [-0.4, -0.2) is 11.8 Å². The number of amides is 2. The number of rotatable bonds is 3. The summed E-state index contributed by atoms with van der Waals surface area (Å²) in [6.45, 7) is 1.28. The molecule has 2 amide bonds. The first-order chi connectivity index (χ1) is 9.86. The number of nitrogens with one attached hydrogen (secondary N) is 2. The molecule has 0 unspecified atom stereocenters. The van der Waals surface area contributed by atoms with Crippen molar-refractivity contribution in [3.8, 4) is 0 Å². The van der Waals surface area contributed by atoms with Crippen molar-refractivity contribution in [1.82, 2.24) is 0 Å². The summed E-state index contributed by atoms with van der Waals surface area (Å²) in [5.41, 5.74) is 0.416. The van der Waals surface area contributed by atoms with Gasteiger partial charge < -0.3 is 10.6 Å². The van der Waals surface area contributed by atoms with E-state index in [2.05, 4.69) is 42.5 Å². The third-order valence-corrected chi connectivity index (χ3v) is 5.66. The van der Waals surface area contributed by atoms with E-state index in [-0.39, 0.29) is 17.5 Å². The molecule has 110 valence electrons. The van der Waals surface area contributed by atoms with Crippen LogP contribution >= 0.6 is 43.2 Å². The van der Waals surface area contributed by atoms with E-state index in [1.54, 1.807) is 6.07 Å². The Balaban J connectivity index is 2.19. The lowest BCUT2D eigenvalue weighted by atomic mass is 10.2. The SMILES string of the molecule is CC(=O)Nc1cc(NC(=O)c2cc(Br)c(Br)s2)ccc1F. The molecule has 21 heavy (non-hydrogen) atoms. The van der Waals surface area contributed by atoms with Gasteiger partial charge in [0.2, 0.25) is 5.91 Å². The fourth-order valence-electron chi connectivity index (χ4n) is 1.54. The predicted molar refractivity (Wildman–Crippen MR) is 88.4 cm³/mol. The second kappa shape index (κ2) is 6.67. The minimum atomic E-state index is -0.565. The molecular weight excluding hydrogens is 427 g/mol. The molecule has 0 aliphatic carbocycles. The van der Waals surface area contributed by atoms with Crippen molar-refractivity contribution in [1.29, 1.82) is 0 Å². The Hall–Kier alpha value is -1.25. The highest BCUT2D eigenvalue weighted by Gasteiger charge is 2.13.